The first kappa shape index (κ1) is 11.5. The van der Waals surface area contributed by atoms with Crippen molar-refractivity contribution in [3.8, 4) is 0 Å². The van der Waals surface area contributed by atoms with Crippen LogP contribution in [0.25, 0.3) is 0 Å². The molecule has 0 bridgehead atoms. The van der Waals surface area contributed by atoms with E-state index in [1.807, 2.05) is 7.05 Å². The predicted molar refractivity (Wildman–Crippen MR) is 60.8 cm³/mol. The summed E-state index contributed by atoms with van der Waals surface area (Å²) < 4.78 is 1.80. The Bertz CT molecular complexity index is 326. The number of aliphatic hydroxyl groups excluding tert-OH is 1. The fourth-order valence-corrected chi connectivity index (χ4v) is 2.30. The highest BCUT2D eigenvalue weighted by Crippen LogP contribution is 2.18. The quantitative estimate of drug-likeness (QED) is 0.814. The molecule has 1 aliphatic rings. The van der Waals surface area contributed by atoms with Gasteiger partial charge in [-0.05, 0) is 19.4 Å². The zero-order valence-corrected chi connectivity index (χ0v) is 9.84. The number of nitrogens with zero attached hydrogens (tertiary/aromatic N) is 4. The molecule has 5 heteroatoms. The molecule has 1 aliphatic heterocycles. The summed E-state index contributed by atoms with van der Waals surface area (Å²) in [4.78, 5) is 6.57. The maximum atomic E-state index is 9.40. The highest BCUT2D eigenvalue weighted by Gasteiger charge is 2.21. The minimum absolute atomic E-state index is 0.248. The van der Waals surface area contributed by atoms with E-state index in [9.17, 15) is 5.11 Å². The van der Waals surface area contributed by atoms with Crippen molar-refractivity contribution in [2.45, 2.75) is 38.3 Å². The average Bonchev–Trinajstić information content (AvgIpc) is 2.56. The molecular formula is C11H20N4O. The maximum Gasteiger partial charge on any atom is 0.140 e. The fraction of sp³-hybridized carbons (Fsp3) is 0.818. The molecule has 1 aromatic rings. The van der Waals surface area contributed by atoms with E-state index in [-0.39, 0.29) is 6.61 Å². The zero-order chi connectivity index (χ0) is 11.4. The van der Waals surface area contributed by atoms with Gasteiger partial charge in [-0.25, -0.2) is 4.98 Å². The molecule has 1 atom stereocenters. The molecule has 0 aromatic carbocycles. The lowest BCUT2D eigenvalue weighted by molar-refractivity contribution is 0.115. The third kappa shape index (κ3) is 2.59. The second-order valence-corrected chi connectivity index (χ2v) is 4.46. The molecule has 1 aromatic heterocycles. The van der Waals surface area contributed by atoms with Crippen molar-refractivity contribution in [3.05, 3.63) is 12.2 Å². The molecular weight excluding hydrogens is 204 g/mol. The Hall–Kier alpha value is -0.940. The fourth-order valence-electron chi connectivity index (χ4n) is 2.30. The first-order valence-corrected chi connectivity index (χ1v) is 5.99. The van der Waals surface area contributed by atoms with Gasteiger partial charge in [0.1, 0.15) is 12.2 Å². The van der Waals surface area contributed by atoms with Crippen LogP contribution in [0.4, 0.5) is 0 Å². The Kier molecular flexibility index (Phi) is 3.90. The molecule has 1 N–H and O–H groups in total. The summed E-state index contributed by atoms with van der Waals surface area (Å²) in [5.41, 5.74) is 0. The van der Waals surface area contributed by atoms with Gasteiger partial charge in [0.15, 0.2) is 0 Å². The molecule has 2 heterocycles. The number of likely N-dealkylation sites (tertiary alicyclic amines) is 1. The van der Waals surface area contributed by atoms with Gasteiger partial charge in [-0.2, -0.15) is 5.10 Å². The van der Waals surface area contributed by atoms with Crippen LogP contribution in [0.15, 0.2) is 6.33 Å². The van der Waals surface area contributed by atoms with E-state index in [1.54, 1.807) is 11.0 Å². The summed E-state index contributed by atoms with van der Waals surface area (Å²) in [6.45, 7) is 2.09. The number of hydrogen-bond acceptors (Lipinski definition) is 4. The van der Waals surface area contributed by atoms with Crippen LogP contribution in [-0.2, 0) is 13.6 Å². The van der Waals surface area contributed by atoms with Gasteiger partial charge in [0, 0.05) is 13.1 Å². The van der Waals surface area contributed by atoms with Crippen LogP contribution >= 0.6 is 0 Å². The van der Waals surface area contributed by atoms with Gasteiger partial charge in [-0.15, -0.1) is 0 Å². The lowest BCUT2D eigenvalue weighted by Crippen LogP contribution is -2.37. The number of aryl methyl sites for hydroxylation is 1. The molecule has 2 rings (SSSR count). The highest BCUT2D eigenvalue weighted by molar-refractivity contribution is 4.86. The predicted octanol–water partition coefficient (Wildman–Crippen LogP) is 0.552. The van der Waals surface area contributed by atoms with E-state index in [1.165, 1.54) is 19.3 Å². The van der Waals surface area contributed by atoms with Gasteiger partial charge in [-0.3, -0.25) is 9.58 Å². The lowest BCUT2D eigenvalue weighted by Gasteiger charge is -2.27. The van der Waals surface area contributed by atoms with Crippen LogP contribution in [0.3, 0.4) is 0 Å². The van der Waals surface area contributed by atoms with Crippen molar-refractivity contribution in [1.29, 1.82) is 0 Å². The Morgan fingerprint density at radius 1 is 1.44 bits per heavy atom. The van der Waals surface area contributed by atoms with Crippen molar-refractivity contribution in [2.75, 3.05) is 13.2 Å². The van der Waals surface area contributed by atoms with Crippen molar-refractivity contribution in [1.82, 2.24) is 19.7 Å². The lowest BCUT2D eigenvalue weighted by atomic mass is 10.1. The second-order valence-electron chi connectivity index (χ2n) is 4.46. The smallest absolute Gasteiger partial charge is 0.140 e. The first-order chi connectivity index (χ1) is 7.81. The summed E-state index contributed by atoms with van der Waals surface area (Å²) in [6.07, 6.45) is 6.39. The number of aromatic nitrogens is 3. The molecule has 1 unspecified atom stereocenters. The SMILES string of the molecule is Cn1ncnc1CN1CCCCCC1CO. The molecule has 1 fully saturated rings. The van der Waals surface area contributed by atoms with Crippen molar-refractivity contribution in [2.24, 2.45) is 7.05 Å². The van der Waals surface area contributed by atoms with E-state index >= 15 is 0 Å². The third-order valence-corrected chi connectivity index (χ3v) is 3.36. The van der Waals surface area contributed by atoms with Gasteiger partial charge in [0.2, 0.25) is 0 Å². The Morgan fingerprint density at radius 2 is 2.31 bits per heavy atom. The zero-order valence-electron chi connectivity index (χ0n) is 9.84. The van der Waals surface area contributed by atoms with Crippen LogP contribution in [0.1, 0.15) is 31.5 Å². The minimum atomic E-state index is 0.248. The van der Waals surface area contributed by atoms with Gasteiger partial charge in [0.25, 0.3) is 0 Å². The highest BCUT2D eigenvalue weighted by atomic mass is 16.3. The summed E-state index contributed by atoms with van der Waals surface area (Å²) in [7, 11) is 1.91. The Labute approximate surface area is 96.1 Å². The van der Waals surface area contributed by atoms with Gasteiger partial charge in [-0.1, -0.05) is 12.8 Å². The third-order valence-electron chi connectivity index (χ3n) is 3.36. The number of rotatable bonds is 3. The van der Waals surface area contributed by atoms with E-state index in [4.69, 9.17) is 0 Å². The Morgan fingerprint density at radius 3 is 3.00 bits per heavy atom. The van der Waals surface area contributed by atoms with Crippen LogP contribution < -0.4 is 0 Å². The van der Waals surface area contributed by atoms with Crippen LogP contribution in [0.2, 0.25) is 0 Å². The normalized spacial score (nSPS) is 23.2. The van der Waals surface area contributed by atoms with Crippen LogP contribution in [-0.4, -0.2) is 44.0 Å². The van der Waals surface area contributed by atoms with E-state index < -0.39 is 0 Å². The monoisotopic (exact) mass is 224 g/mol. The van der Waals surface area contributed by atoms with Crippen molar-refractivity contribution < 1.29 is 5.11 Å². The van der Waals surface area contributed by atoms with Crippen molar-refractivity contribution in [3.63, 3.8) is 0 Å². The maximum absolute atomic E-state index is 9.40. The topological polar surface area (TPSA) is 54.2 Å². The Balaban J connectivity index is 2.03. The van der Waals surface area contributed by atoms with E-state index in [2.05, 4.69) is 15.0 Å². The largest absolute Gasteiger partial charge is 0.395 e. The summed E-state index contributed by atoms with van der Waals surface area (Å²) in [5, 5.41) is 13.5. The molecule has 0 amide bonds. The minimum Gasteiger partial charge on any atom is -0.395 e. The molecule has 1 saturated heterocycles. The molecule has 0 saturated carbocycles. The molecule has 0 radical (unpaired) electrons. The number of aliphatic hydroxyl groups is 1. The van der Waals surface area contributed by atoms with Gasteiger partial charge >= 0.3 is 0 Å². The summed E-state index contributed by atoms with van der Waals surface area (Å²) in [5.74, 6) is 0.973. The van der Waals surface area contributed by atoms with E-state index in [0.29, 0.717) is 6.04 Å². The van der Waals surface area contributed by atoms with Crippen LogP contribution in [0.5, 0.6) is 0 Å². The molecule has 0 spiro atoms. The van der Waals surface area contributed by atoms with Gasteiger partial charge < -0.3 is 5.11 Å². The molecule has 0 aliphatic carbocycles. The standard InChI is InChI=1S/C11H20N4O/c1-14-11(12-9-13-14)7-15-6-4-2-3-5-10(15)8-16/h9-10,16H,2-8H2,1H3. The number of hydrogen-bond donors (Lipinski definition) is 1. The summed E-state index contributed by atoms with van der Waals surface area (Å²) >= 11 is 0. The van der Waals surface area contributed by atoms with Crippen LogP contribution in [0, 0.1) is 0 Å². The van der Waals surface area contributed by atoms with Crippen molar-refractivity contribution >= 4 is 0 Å². The first-order valence-electron chi connectivity index (χ1n) is 5.99. The average molecular weight is 224 g/mol. The second kappa shape index (κ2) is 5.41. The molecule has 5 nitrogen and oxygen atoms in total. The van der Waals surface area contributed by atoms with E-state index in [0.717, 1.165) is 25.3 Å². The molecule has 16 heavy (non-hydrogen) atoms. The molecule has 90 valence electrons. The van der Waals surface area contributed by atoms with Gasteiger partial charge in [0.05, 0.1) is 13.2 Å². The summed E-state index contributed by atoms with van der Waals surface area (Å²) in [6, 6.07) is 0.291.